The molecule has 0 bridgehead atoms. The Balaban J connectivity index is 1.56. The third-order valence-electron chi connectivity index (χ3n) is 7.36. The number of Topliss-reactive ketones (excluding diaryl/α,β-unsaturated/α-hetero) is 2. The van der Waals surface area contributed by atoms with Gasteiger partial charge in [-0.1, -0.05) is 54.1 Å². The lowest BCUT2D eigenvalue weighted by Gasteiger charge is -2.28. The topological polar surface area (TPSA) is 99.2 Å². The van der Waals surface area contributed by atoms with Crippen LogP contribution >= 0.6 is 11.6 Å². The number of carbonyl (C=O) groups is 4. The summed E-state index contributed by atoms with van der Waals surface area (Å²) in [6.45, 7) is 0. The fourth-order valence-electron chi connectivity index (χ4n) is 5.71. The van der Waals surface area contributed by atoms with Crippen LogP contribution in [0.15, 0.2) is 66.7 Å². The number of amides is 2. The lowest BCUT2D eigenvalue weighted by molar-refractivity contribution is -0.127. The van der Waals surface area contributed by atoms with Crippen LogP contribution in [0.25, 0.3) is 0 Å². The molecule has 6 rings (SSSR count). The molecule has 1 aliphatic carbocycles. The number of ether oxygens (including phenoxy) is 3. The number of hydrogen-bond donors (Lipinski definition) is 0. The minimum Gasteiger partial charge on any atom is -0.497 e. The van der Waals surface area contributed by atoms with E-state index in [-0.39, 0.29) is 22.6 Å². The molecule has 3 atom stereocenters. The van der Waals surface area contributed by atoms with E-state index in [1.807, 2.05) is 0 Å². The predicted octanol–water partition coefficient (Wildman–Crippen LogP) is 4.05. The number of hydrogen-bond acceptors (Lipinski definition) is 7. The van der Waals surface area contributed by atoms with Gasteiger partial charge in [0, 0.05) is 27.8 Å². The second kappa shape index (κ2) is 8.26. The lowest BCUT2D eigenvalue weighted by Crippen LogP contribution is -2.51. The number of rotatable bonds is 4. The molecule has 37 heavy (non-hydrogen) atoms. The molecule has 186 valence electrons. The molecular formula is C28H20ClNO7. The summed E-state index contributed by atoms with van der Waals surface area (Å²) in [5.41, 5.74) is -1.27. The summed E-state index contributed by atoms with van der Waals surface area (Å²) in [6.07, 6.45) is -1.10. The van der Waals surface area contributed by atoms with E-state index in [9.17, 15) is 19.2 Å². The third-order valence-corrected chi connectivity index (χ3v) is 7.70. The van der Waals surface area contributed by atoms with Gasteiger partial charge in [0.15, 0.2) is 0 Å². The first-order valence-electron chi connectivity index (χ1n) is 11.6. The van der Waals surface area contributed by atoms with Crippen LogP contribution in [0.4, 0.5) is 5.69 Å². The normalized spacial score (nSPS) is 23.5. The van der Waals surface area contributed by atoms with E-state index in [2.05, 4.69) is 0 Å². The highest BCUT2D eigenvalue weighted by molar-refractivity contribution is 6.37. The van der Waals surface area contributed by atoms with Crippen molar-refractivity contribution in [2.75, 3.05) is 19.1 Å². The van der Waals surface area contributed by atoms with Gasteiger partial charge in [-0.2, -0.15) is 0 Å². The summed E-state index contributed by atoms with van der Waals surface area (Å²) in [7, 11) is 2.89. The van der Waals surface area contributed by atoms with Crippen LogP contribution in [0.1, 0.15) is 32.4 Å². The van der Waals surface area contributed by atoms with E-state index < -0.39 is 46.9 Å². The van der Waals surface area contributed by atoms with Crippen molar-refractivity contribution in [2.45, 2.75) is 11.7 Å². The van der Waals surface area contributed by atoms with Gasteiger partial charge >= 0.3 is 0 Å². The quantitative estimate of drug-likeness (QED) is 0.380. The minimum atomic E-state index is -2.18. The highest BCUT2D eigenvalue weighted by Gasteiger charge is 2.75. The van der Waals surface area contributed by atoms with Crippen molar-refractivity contribution in [1.82, 2.24) is 0 Å². The smallest absolute Gasteiger partial charge is 0.241 e. The van der Waals surface area contributed by atoms with Crippen LogP contribution in [0.3, 0.4) is 0 Å². The van der Waals surface area contributed by atoms with Crippen molar-refractivity contribution in [3.05, 3.63) is 88.4 Å². The van der Waals surface area contributed by atoms with Gasteiger partial charge in [-0.3, -0.25) is 19.2 Å². The number of nitrogens with zero attached hydrogens (tertiary/aromatic N) is 1. The van der Waals surface area contributed by atoms with Gasteiger partial charge < -0.3 is 14.2 Å². The Morgan fingerprint density at radius 2 is 1.49 bits per heavy atom. The summed E-state index contributed by atoms with van der Waals surface area (Å²) in [5.74, 6) is -4.48. The van der Waals surface area contributed by atoms with Crippen LogP contribution in [0, 0.1) is 11.8 Å². The number of imide groups is 1. The molecule has 3 aromatic rings. The summed E-state index contributed by atoms with van der Waals surface area (Å²) in [6, 6.07) is 17.7. The van der Waals surface area contributed by atoms with E-state index in [0.29, 0.717) is 16.3 Å². The maximum absolute atomic E-state index is 14.1. The van der Waals surface area contributed by atoms with Crippen LogP contribution in [-0.4, -0.2) is 43.2 Å². The van der Waals surface area contributed by atoms with Crippen LogP contribution in [-0.2, 0) is 14.3 Å². The van der Waals surface area contributed by atoms with Crippen LogP contribution in [0.2, 0.25) is 5.02 Å². The van der Waals surface area contributed by atoms with Gasteiger partial charge in [0.25, 0.3) is 0 Å². The molecule has 8 nitrogen and oxygen atoms in total. The number of anilines is 1. The standard InChI is InChI=1S/C28H20ClNO7/c1-35-14-11-12-19(20(13-14)36-2)30-26(33)21-22(27(30)34)28(37-23(21)17-9-5-6-10-18(17)29)24(31)15-7-3-4-8-16(15)25(28)32/h3-13,21-23H,1-2H3/t21-,22-,23-/m1/s1. The molecule has 9 heteroatoms. The van der Waals surface area contributed by atoms with Crippen LogP contribution in [0.5, 0.6) is 11.5 Å². The molecule has 0 radical (unpaired) electrons. The highest BCUT2D eigenvalue weighted by Crippen LogP contribution is 2.58. The highest BCUT2D eigenvalue weighted by atomic mass is 35.5. The molecule has 2 aliphatic heterocycles. The largest absolute Gasteiger partial charge is 0.497 e. The van der Waals surface area contributed by atoms with E-state index in [1.165, 1.54) is 32.4 Å². The molecule has 2 amide bonds. The van der Waals surface area contributed by atoms with Crippen molar-refractivity contribution in [3.8, 4) is 11.5 Å². The molecule has 0 saturated carbocycles. The predicted molar refractivity (Wildman–Crippen MR) is 132 cm³/mol. The molecule has 3 aromatic carbocycles. The van der Waals surface area contributed by atoms with Crippen molar-refractivity contribution in [3.63, 3.8) is 0 Å². The SMILES string of the molecule is COc1ccc(N2C(=O)[C@H]3[C@@H](c4ccccc4Cl)OC4(C(=O)c5ccccc5C4=O)[C@H]3C2=O)c(OC)c1. The Morgan fingerprint density at radius 3 is 2.11 bits per heavy atom. The summed E-state index contributed by atoms with van der Waals surface area (Å²) < 4.78 is 17.0. The lowest BCUT2D eigenvalue weighted by atomic mass is 9.77. The molecule has 2 fully saturated rings. The van der Waals surface area contributed by atoms with Crippen molar-refractivity contribution in [1.29, 1.82) is 0 Å². The zero-order valence-corrected chi connectivity index (χ0v) is 20.5. The monoisotopic (exact) mass is 517 g/mol. The number of carbonyl (C=O) groups excluding carboxylic acids is 4. The number of fused-ring (bicyclic) bond motifs is 3. The molecule has 0 aromatic heterocycles. The minimum absolute atomic E-state index is 0.159. The number of methoxy groups -OCH3 is 2. The van der Waals surface area contributed by atoms with Crippen LogP contribution < -0.4 is 14.4 Å². The Hall–Kier alpha value is -4.01. The second-order valence-corrected chi connectivity index (χ2v) is 9.46. The van der Waals surface area contributed by atoms with E-state index >= 15 is 0 Å². The Labute approximate surface area is 216 Å². The summed E-state index contributed by atoms with van der Waals surface area (Å²) in [4.78, 5) is 56.7. The molecular weight excluding hydrogens is 498 g/mol. The first kappa shape index (κ1) is 23.4. The number of ketones is 2. The first-order chi connectivity index (χ1) is 17.8. The van der Waals surface area contributed by atoms with Crippen molar-refractivity contribution < 1.29 is 33.4 Å². The maximum Gasteiger partial charge on any atom is 0.241 e. The average molecular weight is 518 g/mol. The number of benzene rings is 3. The first-order valence-corrected chi connectivity index (χ1v) is 11.9. The van der Waals surface area contributed by atoms with E-state index in [0.717, 1.165) is 4.90 Å². The molecule has 1 spiro atoms. The molecule has 2 heterocycles. The summed E-state index contributed by atoms with van der Waals surface area (Å²) in [5, 5.41) is 0.291. The average Bonchev–Trinajstić information content (AvgIpc) is 3.48. The zero-order valence-electron chi connectivity index (χ0n) is 19.8. The van der Waals surface area contributed by atoms with E-state index in [1.54, 1.807) is 48.5 Å². The Morgan fingerprint density at radius 1 is 0.838 bits per heavy atom. The molecule has 2 saturated heterocycles. The van der Waals surface area contributed by atoms with E-state index in [4.69, 9.17) is 25.8 Å². The van der Waals surface area contributed by atoms with Gasteiger partial charge in [-0.25, -0.2) is 4.90 Å². The molecule has 0 N–H and O–H groups in total. The van der Waals surface area contributed by atoms with Crippen molar-refractivity contribution >= 4 is 40.7 Å². The van der Waals surface area contributed by atoms with Gasteiger partial charge in [0.1, 0.15) is 11.5 Å². The Kier molecular flexibility index (Phi) is 5.22. The van der Waals surface area contributed by atoms with Gasteiger partial charge in [0.05, 0.1) is 37.8 Å². The third kappa shape index (κ3) is 3.00. The zero-order chi connectivity index (χ0) is 26.1. The second-order valence-electron chi connectivity index (χ2n) is 9.05. The van der Waals surface area contributed by atoms with Gasteiger partial charge in [0.2, 0.25) is 29.0 Å². The van der Waals surface area contributed by atoms with Crippen molar-refractivity contribution in [2.24, 2.45) is 11.8 Å². The van der Waals surface area contributed by atoms with Gasteiger partial charge in [-0.05, 0) is 18.2 Å². The van der Waals surface area contributed by atoms with Gasteiger partial charge in [-0.15, -0.1) is 0 Å². The fourth-order valence-corrected chi connectivity index (χ4v) is 5.96. The maximum atomic E-state index is 14.1. The molecule has 3 aliphatic rings. The summed E-state index contributed by atoms with van der Waals surface area (Å²) >= 11 is 6.48. The number of halogens is 1. The fraction of sp³-hybridized carbons (Fsp3) is 0.214. The Bertz CT molecular complexity index is 1480. The molecule has 0 unspecified atom stereocenters.